The van der Waals surface area contributed by atoms with E-state index >= 15 is 0 Å². The molecule has 2 aromatic carbocycles. The second-order valence-electron chi connectivity index (χ2n) is 4.83. The molecule has 4 nitrogen and oxygen atoms in total. The third-order valence-corrected chi connectivity index (χ3v) is 3.97. The molecule has 0 unspecified atom stereocenters. The first kappa shape index (κ1) is 15.2. The van der Waals surface area contributed by atoms with Crippen LogP contribution in [0.15, 0.2) is 65.7 Å². The number of fused-ring (bicyclic) bond motifs is 1. The van der Waals surface area contributed by atoms with Crippen molar-refractivity contribution >= 4 is 40.5 Å². The van der Waals surface area contributed by atoms with Crippen LogP contribution in [0.3, 0.4) is 0 Å². The lowest BCUT2D eigenvalue weighted by Gasteiger charge is -2.03. The number of carbonyl (C=O) groups excluding carboxylic acids is 1. The SMILES string of the molecule is CSc1ccc(NC(=O)/C=C/c2cnc3ccccc3n2)cc1. The van der Waals surface area contributed by atoms with Gasteiger partial charge in [0, 0.05) is 16.7 Å². The lowest BCUT2D eigenvalue weighted by Crippen LogP contribution is -2.07. The number of nitrogens with one attached hydrogen (secondary N) is 1. The van der Waals surface area contributed by atoms with E-state index < -0.39 is 0 Å². The van der Waals surface area contributed by atoms with E-state index in [1.54, 1.807) is 24.0 Å². The first-order chi connectivity index (χ1) is 11.2. The van der Waals surface area contributed by atoms with Gasteiger partial charge in [0.25, 0.3) is 0 Å². The van der Waals surface area contributed by atoms with Gasteiger partial charge in [0.05, 0.1) is 22.9 Å². The van der Waals surface area contributed by atoms with Crippen molar-refractivity contribution in [3.8, 4) is 0 Å². The molecule has 1 heterocycles. The molecule has 0 radical (unpaired) electrons. The number of benzene rings is 2. The van der Waals surface area contributed by atoms with Crippen LogP contribution in [0.5, 0.6) is 0 Å². The third kappa shape index (κ3) is 3.96. The normalized spacial score (nSPS) is 11.0. The Labute approximate surface area is 138 Å². The van der Waals surface area contributed by atoms with Crippen LogP contribution < -0.4 is 5.32 Å². The lowest BCUT2D eigenvalue weighted by atomic mass is 10.3. The summed E-state index contributed by atoms with van der Waals surface area (Å²) in [6.45, 7) is 0. The van der Waals surface area contributed by atoms with E-state index in [4.69, 9.17) is 0 Å². The van der Waals surface area contributed by atoms with Crippen LogP contribution in [-0.4, -0.2) is 22.1 Å². The maximum Gasteiger partial charge on any atom is 0.248 e. The van der Waals surface area contributed by atoms with Gasteiger partial charge >= 0.3 is 0 Å². The summed E-state index contributed by atoms with van der Waals surface area (Å²) in [5.74, 6) is -0.197. The Kier molecular flexibility index (Phi) is 4.68. The minimum absolute atomic E-state index is 0.197. The summed E-state index contributed by atoms with van der Waals surface area (Å²) in [6.07, 6.45) is 6.78. The quantitative estimate of drug-likeness (QED) is 0.583. The number of thioether (sulfide) groups is 1. The Morgan fingerprint density at radius 3 is 2.57 bits per heavy atom. The molecule has 3 rings (SSSR count). The highest BCUT2D eigenvalue weighted by Crippen LogP contribution is 2.17. The Morgan fingerprint density at radius 1 is 1.09 bits per heavy atom. The minimum atomic E-state index is -0.197. The molecule has 0 atom stereocenters. The zero-order chi connectivity index (χ0) is 16.1. The largest absolute Gasteiger partial charge is 0.323 e. The van der Waals surface area contributed by atoms with Crippen LogP contribution >= 0.6 is 11.8 Å². The maximum absolute atomic E-state index is 12.0. The number of hydrogen-bond donors (Lipinski definition) is 1. The summed E-state index contributed by atoms with van der Waals surface area (Å²) in [4.78, 5) is 21.9. The monoisotopic (exact) mass is 321 g/mol. The van der Waals surface area contributed by atoms with Gasteiger partial charge in [0.1, 0.15) is 0 Å². The van der Waals surface area contributed by atoms with Gasteiger partial charge in [-0.25, -0.2) is 4.98 Å². The molecule has 3 aromatic rings. The van der Waals surface area contributed by atoms with Crippen molar-refractivity contribution in [1.29, 1.82) is 0 Å². The molecule has 0 aliphatic heterocycles. The number of amides is 1. The van der Waals surface area contributed by atoms with Crippen molar-refractivity contribution in [2.45, 2.75) is 4.90 Å². The number of aromatic nitrogens is 2. The van der Waals surface area contributed by atoms with Crippen LogP contribution in [0.4, 0.5) is 5.69 Å². The summed E-state index contributed by atoms with van der Waals surface area (Å²) in [7, 11) is 0. The Balaban J connectivity index is 1.68. The molecule has 0 saturated heterocycles. The van der Waals surface area contributed by atoms with E-state index in [2.05, 4.69) is 15.3 Å². The van der Waals surface area contributed by atoms with E-state index in [9.17, 15) is 4.79 Å². The number of nitrogens with zero attached hydrogens (tertiary/aromatic N) is 2. The summed E-state index contributed by atoms with van der Waals surface area (Å²) in [5.41, 5.74) is 3.06. The van der Waals surface area contributed by atoms with Gasteiger partial charge in [-0.15, -0.1) is 11.8 Å². The molecule has 114 valence electrons. The van der Waals surface area contributed by atoms with Gasteiger partial charge < -0.3 is 5.32 Å². The second kappa shape index (κ2) is 7.07. The Morgan fingerprint density at radius 2 is 1.83 bits per heavy atom. The van der Waals surface area contributed by atoms with E-state index in [-0.39, 0.29) is 5.91 Å². The van der Waals surface area contributed by atoms with Crippen molar-refractivity contribution in [2.24, 2.45) is 0 Å². The number of para-hydroxylation sites is 2. The van der Waals surface area contributed by atoms with E-state index in [0.29, 0.717) is 5.69 Å². The summed E-state index contributed by atoms with van der Waals surface area (Å²) in [6, 6.07) is 15.3. The number of hydrogen-bond acceptors (Lipinski definition) is 4. The van der Waals surface area contributed by atoms with Crippen LogP contribution in [0.25, 0.3) is 17.1 Å². The standard InChI is InChI=1S/C18H15N3OS/c1-23-15-9-6-13(7-10-15)21-18(22)11-8-14-12-19-16-4-2-3-5-17(16)20-14/h2-12H,1H3,(H,21,22)/b11-8+. The van der Waals surface area contributed by atoms with Gasteiger partial charge in [0.2, 0.25) is 5.91 Å². The molecule has 0 spiro atoms. The average Bonchev–Trinajstić information content (AvgIpc) is 2.60. The van der Waals surface area contributed by atoms with Crippen molar-refractivity contribution in [2.75, 3.05) is 11.6 Å². The summed E-state index contributed by atoms with van der Waals surface area (Å²) in [5, 5.41) is 2.82. The molecule has 5 heteroatoms. The van der Waals surface area contributed by atoms with Crippen LogP contribution in [-0.2, 0) is 4.79 Å². The van der Waals surface area contributed by atoms with Crippen LogP contribution in [0.1, 0.15) is 5.69 Å². The molecular formula is C18H15N3OS. The fourth-order valence-electron chi connectivity index (χ4n) is 2.07. The highest BCUT2D eigenvalue weighted by Gasteiger charge is 2.00. The van der Waals surface area contributed by atoms with Crippen LogP contribution in [0, 0.1) is 0 Å². The predicted molar refractivity (Wildman–Crippen MR) is 95.4 cm³/mol. The molecule has 1 aromatic heterocycles. The van der Waals surface area contributed by atoms with Gasteiger partial charge in [-0.1, -0.05) is 12.1 Å². The highest BCUT2D eigenvalue weighted by atomic mass is 32.2. The average molecular weight is 321 g/mol. The molecule has 1 N–H and O–H groups in total. The maximum atomic E-state index is 12.0. The first-order valence-electron chi connectivity index (χ1n) is 7.09. The van der Waals surface area contributed by atoms with Crippen LogP contribution in [0.2, 0.25) is 0 Å². The number of anilines is 1. The summed E-state index contributed by atoms with van der Waals surface area (Å²) >= 11 is 1.66. The Hall–Kier alpha value is -2.66. The molecule has 0 aliphatic carbocycles. The van der Waals surface area contributed by atoms with Crippen molar-refractivity contribution in [1.82, 2.24) is 9.97 Å². The molecule has 0 bridgehead atoms. The van der Waals surface area contributed by atoms with E-state index in [1.807, 2.05) is 54.8 Å². The first-order valence-corrected chi connectivity index (χ1v) is 8.32. The zero-order valence-electron chi connectivity index (χ0n) is 12.6. The van der Waals surface area contributed by atoms with E-state index in [0.717, 1.165) is 21.6 Å². The third-order valence-electron chi connectivity index (χ3n) is 3.23. The van der Waals surface area contributed by atoms with Gasteiger partial charge in [-0.05, 0) is 48.7 Å². The van der Waals surface area contributed by atoms with E-state index in [1.165, 1.54) is 6.08 Å². The van der Waals surface area contributed by atoms with Crippen molar-refractivity contribution in [3.05, 3.63) is 66.5 Å². The second-order valence-corrected chi connectivity index (χ2v) is 5.71. The predicted octanol–water partition coefficient (Wildman–Crippen LogP) is 4.00. The van der Waals surface area contributed by atoms with Gasteiger partial charge in [-0.3, -0.25) is 9.78 Å². The van der Waals surface area contributed by atoms with Crippen molar-refractivity contribution in [3.63, 3.8) is 0 Å². The zero-order valence-corrected chi connectivity index (χ0v) is 13.4. The molecule has 1 amide bonds. The lowest BCUT2D eigenvalue weighted by molar-refractivity contribution is -0.111. The molecule has 0 saturated carbocycles. The van der Waals surface area contributed by atoms with Gasteiger partial charge in [-0.2, -0.15) is 0 Å². The minimum Gasteiger partial charge on any atom is -0.323 e. The molecular weight excluding hydrogens is 306 g/mol. The molecule has 23 heavy (non-hydrogen) atoms. The summed E-state index contributed by atoms with van der Waals surface area (Å²) < 4.78 is 0. The highest BCUT2D eigenvalue weighted by molar-refractivity contribution is 7.98. The fourth-order valence-corrected chi connectivity index (χ4v) is 2.48. The van der Waals surface area contributed by atoms with Crippen molar-refractivity contribution < 1.29 is 4.79 Å². The molecule has 0 fully saturated rings. The fraction of sp³-hybridized carbons (Fsp3) is 0.0556. The van der Waals surface area contributed by atoms with Gasteiger partial charge in [0.15, 0.2) is 0 Å². The topological polar surface area (TPSA) is 54.9 Å². The smallest absolute Gasteiger partial charge is 0.248 e. The number of rotatable bonds is 4. The Bertz CT molecular complexity index is 860. The molecule has 0 aliphatic rings. The number of carbonyl (C=O) groups is 1.